The summed E-state index contributed by atoms with van der Waals surface area (Å²) in [5.41, 5.74) is 7.34. The molecule has 0 saturated heterocycles. The van der Waals surface area contributed by atoms with Crippen molar-refractivity contribution in [3.63, 3.8) is 0 Å². The molecule has 0 atom stereocenters. The quantitative estimate of drug-likeness (QED) is 0.753. The molecule has 3 N–H and O–H groups in total. The Kier molecular flexibility index (Phi) is 3.37. The highest BCUT2D eigenvalue weighted by molar-refractivity contribution is 5.90. The topological polar surface area (TPSA) is 85.8 Å². The molecule has 6 heteroatoms. The van der Waals surface area contributed by atoms with Crippen LogP contribution >= 0.6 is 0 Å². The maximum absolute atomic E-state index is 11.2. The van der Waals surface area contributed by atoms with Crippen LogP contribution in [-0.4, -0.2) is 27.7 Å². The summed E-state index contributed by atoms with van der Waals surface area (Å²) in [6, 6.07) is 11.5. The zero-order valence-electron chi connectivity index (χ0n) is 11.6. The van der Waals surface area contributed by atoms with Gasteiger partial charge in [-0.05, 0) is 25.2 Å². The predicted octanol–water partition coefficient (Wildman–Crippen LogP) is 1.24. The number of para-hydroxylation sites is 1. The van der Waals surface area contributed by atoms with Crippen LogP contribution in [0.25, 0.3) is 16.7 Å². The van der Waals surface area contributed by atoms with Gasteiger partial charge in [-0.3, -0.25) is 4.79 Å². The van der Waals surface area contributed by atoms with E-state index in [1.165, 1.54) is 0 Å². The first-order valence-corrected chi connectivity index (χ1v) is 6.58. The second kappa shape index (κ2) is 5.34. The molecule has 0 aliphatic carbocycles. The Hall–Kier alpha value is -2.73. The van der Waals surface area contributed by atoms with Gasteiger partial charge in [0.25, 0.3) is 5.91 Å². The lowest BCUT2D eigenvalue weighted by Crippen LogP contribution is -2.14. The average Bonchev–Trinajstić information content (AvgIpc) is 2.97. The van der Waals surface area contributed by atoms with E-state index in [4.69, 9.17) is 5.73 Å². The van der Waals surface area contributed by atoms with Gasteiger partial charge >= 0.3 is 0 Å². The highest BCUT2D eigenvalue weighted by Crippen LogP contribution is 2.19. The molecule has 0 unspecified atom stereocenters. The summed E-state index contributed by atoms with van der Waals surface area (Å²) in [5.74, 6) is 0.139. The van der Waals surface area contributed by atoms with E-state index in [0.29, 0.717) is 12.4 Å². The molecule has 0 spiro atoms. The highest BCUT2D eigenvalue weighted by atomic mass is 16.1. The molecule has 106 valence electrons. The molecule has 2 aromatic heterocycles. The number of hydrogen-bond donors (Lipinski definition) is 2. The van der Waals surface area contributed by atoms with Crippen molar-refractivity contribution in [3.05, 3.63) is 53.9 Å². The van der Waals surface area contributed by atoms with Crippen LogP contribution in [0.5, 0.6) is 0 Å². The van der Waals surface area contributed by atoms with E-state index >= 15 is 0 Å². The Morgan fingerprint density at radius 2 is 2.14 bits per heavy atom. The van der Waals surface area contributed by atoms with E-state index in [0.717, 1.165) is 16.5 Å². The number of carbonyl (C=O) groups is 1. The third-order valence-corrected chi connectivity index (χ3v) is 3.21. The first-order chi connectivity index (χ1) is 10.2. The Labute approximate surface area is 121 Å². The van der Waals surface area contributed by atoms with Crippen molar-refractivity contribution in [2.45, 2.75) is 6.54 Å². The average molecular weight is 281 g/mol. The molecule has 0 saturated carbocycles. The number of amides is 1. The van der Waals surface area contributed by atoms with Crippen molar-refractivity contribution in [2.75, 3.05) is 7.05 Å². The van der Waals surface area contributed by atoms with Crippen molar-refractivity contribution in [3.8, 4) is 5.82 Å². The lowest BCUT2D eigenvalue weighted by Gasteiger charge is -2.10. The summed E-state index contributed by atoms with van der Waals surface area (Å²) in [7, 11) is 1.87. The van der Waals surface area contributed by atoms with Gasteiger partial charge in [0, 0.05) is 23.7 Å². The summed E-state index contributed by atoms with van der Waals surface area (Å²) in [4.78, 5) is 15.8. The molecule has 2 heterocycles. The Morgan fingerprint density at radius 1 is 1.33 bits per heavy atom. The van der Waals surface area contributed by atoms with E-state index in [2.05, 4.69) is 21.5 Å². The normalized spacial score (nSPS) is 10.9. The number of nitrogens with one attached hydrogen (secondary N) is 1. The van der Waals surface area contributed by atoms with Crippen molar-refractivity contribution < 1.29 is 4.79 Å². The number of benzene rings is 1. The first kappa shape index (κ1) is 13.3. The molecule has 6 nitrogen and oxygen atoms in total. The lowest BCUT2D eigenvalue weighted by atomic mass is 10.1. The minimum Gasteiger partial charge on any atom is -0.364 e. The van der Waals surface area contributed by atoms with Crippen LogP contribution in [0.2, 0.25) is 0 Å². The molecule has 0 radical (unpaired) electrons. The van der Waals surface area contributed by atoms with Gasteiger partial charge in [0.2, 0.25) is 0 Å². The van der Waals surface area contributed by atoms with Gasteiger partial charge in [-0.2, -0.15) is 5.10 Å². The number of nitrogens with zero attached hydrogens (tertiary/aromatic N) is 3. The van der Waals surface area contributed by atoms with Crippen LogP contribution in [0.15, 0.2) is 42.6 Å². The number of fused-ring (bicyclic) bond motifs is 1. The molecular formula is C15H15N5O. The first-order valence-electron chi connectivity index (χ1n) is 6.58. The zero-order valence-corrected chi connectivity index (χ0v) is 11.6. The maximum atomic E-state index is 11.2. The molecule has 0 fully saturated rings. The minimum absolute atomic E-state index is 0.223. The molecule has 3 aromatic rings. The van der Waals surface area contributed by atoms with E-state index in [-0.39, 0.29) is 5.69 Å². The van der Waals surface area contributed by atoms with Gasteiger partial charge in [-0.25, -0.2) is 9.67 Å². The van der Waals surface area contributed by atoms with E-state index in [1.807, 2.05) is 31.3 Å². The second-order valence-corrected chi connectivity index (χ2v) is 4.70. The number of rotatable bonds is 4. The summed E-state index contributed by atoms with van der Waals surface area (Å²) in [6.07, 6.45) is 1.69. The fraction of sp³-hybridized carbons (Fsp3) is 0.133. The van der Waals surface area contributed by atoms with E-state index in [1.54, 1.807) is 16.9 Å². The van der Waals surface area contributed by atoms with Crippen molar-refractivity contribution in [2.24, 2.45) is 5.73 Å². The van der Waals surface area contributed by atoms with Gasteiger partial charge in [0.1, 0.15) is 5.69 Å². The van der Waals surface area contributed by atoms with Crippen molar-refractivity contribution in [1.82, 2.24) is 20.1 Å². The number of hydrogen-bond acceptors (Lipinski definition) is 4. The molecule has 0 aliphatic rings. The van der Waals surface area contributed by atoms with Crippen LogP contribution in [0, 0.1) is 0 Å². The summed E-state index contributed by atoms with van der Waals surface area (Å²) < 4.78 is 1.58. The molecule has 1 aromatic carbocycles. The van der Waals surface area contributed by atoms with Crippen LogP contribution in [0.1, 0.15) is 16.1 Å². The fourth-order valence-electron chi connectivity index (χ4n) is 2.24. The molecular weight excluding hydrogens is 266 g/mol. The number of nitrogens with two attached hydrogens (primary N) is 1. The van der Waals surface area contributed by atoms with Crippen LogP contribution in [-0.2, 0) is 6.54 Å². The number of aromatic nitrogens is 3. The van der Waals surface area contributed by atoms with E-state index < -0.39 is 5.91 Å². The van der Waals surface area contributed by atoms with Crippen LogP contribution in [0.3, 0.4) is 0 Å². The van der Waals surface area contributed by atoms with Gasteiger partial charge in [0.15, 0.2) is 5.82 Å². The predicted molar refractivity (Wildman–Crippen MR) is 80.1 cm³/mol. The number of pyridine rings is 1. The third kappa shape index (κ3) is 2.48. The molecule has 21 heavy (non-hydrogen) atoms. The van der Waals surface area contributed by atoms with Crippen LogP contribution in [0.4, 0.5) is 0 Å². The van der Waals surface area contributed by atoms with Gasteiger partial charge in [0.05, 0.1) is 5.52 Å². The SMILES string of the molecule is CNCc1cc2ccccc2nc1-n1ccc(C(N)=O)n1. The van der Waals surface area contributed by atoms with Gasteiger partial charge < -0.3 is 11.1 Å². The third-order valence-electron chi connectivity index (χ3n) is 3.21. The largest absolute Gasteiger partial charge is 0.364 e. The van der Waals surface area contributed by atoms with Gasteiger partial charge in [-0.1, -0.05) is 18.2 Å². The smallest absolute Gasteiger partial charge is 0.269 e. The lowest BCUT2D eigenvalue weighted by molar-refractivity contribution is 0.0995. The highest BCUT2D eigenvalue weighted by Gasteiger charge is 2.11. The Morgan fingerprint density at radius 3 is 2.86 bits per heavy atom. The molecule has 1 amide bonds. The maximum Gasteiger partial charge on any atom is 0.269 e. The van der Waals surface area contributed by atoms with Crippen molar-refractivity contribution in [1.29, 1.82) is 0 Å². The molecule has 3 rings (SSSR count). The Balaban J connectivity index is 2.18. The summed E-state index contributed by atoms with van der Waals surface area (Å²) >= 11 is 0. The standard InChI is InChI=1S/C15H15N5O/c1-17-9-11-8-10-4-2-3-5-12(10)18-15(11)20-7-6-13(19-20)14(16)21/h2-8,17H,9H2,1H3,(H2,16,21). The van der Waals surface area contributed by atoms with Gasteiger partial charge in [-0.15, -0.1) is 0 Å². The zero-order chi connectivity index (χ0) is 14.8. The van der Waals surface area contributed by atoms with Crippen molar-refractivity contribution >= 4 is 16.8 Å². The molecule has 0 aliphatic heterocycles. The molecule has 0 bridgehead atoms. The second-order valence-electron chi connectivity index (χ2n) is 4.70. The summed E-state index contributed by atoms with van der Waals surface area (Å²) in [5, 5.41) is 8.36. The van der Waals surface area contributed by atoms with Crippen LogP contribution < -0.4 is 11.1 Å². The monoisotopic (exact) mass is 281 g/mol. The summed E-state index contributed by atoms with van der Waals surface area (Å²) in [6.45, 7) is 0.652. The fourth-order valence-corrected chi connectivity index (χ4v) is 2.24. The Bertz CT molecular complexity index is 809. The number of carbonyl (C=O) groups excluding carboxylic acids is 1. The minimum atomic E-state index is -0.551. The number of primary amides is 1. The van der Waals surface area contributed by atoms with E-state index in [9.17, 15) is 4.79 Å².